The number of benzene rings is 2. The minimum atomic E-state index is -3.89. The molecule has 3 aromatic rings. The Bertz CT molecular complexity index is 1330. The molecule has 8 heteroatoms. The molecule has 7 nitrogen and oxygen atoms in total. The van der Waals surface area contributed by atoms with Crippen LogP contribution in [0.25, 0.3) is 11.0 Å². The van der Waals surface area contributed by atoms with Gasteiger partial charge in [-0.25, -0.2) is 18.0 Å². The zero-order valence-electron chi connectivity index (χ0n) is 18.0. The number of carbonyl (C=O) groups is 1. The fraction of sp³-hybridized carbons (Fsp3) is 0.333. The first-order valence-electron chi connectivity index (χ1n) is 10.7. The average molecular weight is 456 g/mol. The van der Waals surface area contributed by atoms with Crippen molar-refractivity contribution in [2.24, 2.45) is 0 Å². The van der Waals surface area contributed by atoms with Gasteiger partial charge in [0.15, 0.2) is 0 Å². The second-order valence-electron chi connectivity index (χ2n) is 8.03. The molecule has 0 fully saturated rings. The van der Waals surface area contributed by atoms with Gasteiger partial charge in [0.2, 0.25) is 10.0 Å². The lowest BCUT2D eigenvalue weighted by molar-refractivity contribution is -0.136. The maximum Gasteiger partial charge on any atom is 0.339 e. The minimum absolute atomic E-state index is 0.0756. The zero-order valence-corrected chi connectivity index (χ0v) is 18.8. The van der Waals surface area contributed by atoms with Crippen molar-refractivity contribution >= 4 is 27.0 Å². The van der Waals surface area contributed by atoms with E-state index in [2.05, 4.69) is 4.72 Å². The maximum absolute atomic E-state index is 12.7. The summed E-state index contributed by atoms with van der Waals surface area (Å²) in [6, 6.07) is 10.2. The second-order valence-corrected chi connectivity index (χ2v) is 9.74. The van der Waals surface area contributed by atoms with Crippen molar-refractivity contribution in [1.82, 2.24) is 4.72 Å². The van der Waals surface area contributed by atoms with Crippen molar-refractivity contribution in [3.05, 3.63) is 69.6 Å². The van der Waals surface area contributed by atoms with E-state index in [9.17, 15) is 18.0 Å². The Balaban J connectivity index is 1.55. The molecular formula is C24H25NO6S. The molecule has 1 N–H and O–H groups in total. The topological polar surface area (TPSA) is 103 Å². The summed E-state index contributed by atoms with van der Waals surface area (Å²) in [4.78, 5) is 25.1. The van der Waals surface area contributed by atoms with Gasteiger partial charge in [0.1, 0.15) is 17.4 Å². The smallest absolute Gasteiger partial charge is 0.339 e. The maximum atomic E-state index is 12.7. The zero-order chi connectivity index (χ0) is 22.9. The third-order valence-electron chi connectivity index (χ3n) is 5.73. The Kier molecular flexibility index (Phi) is 6.17. The van der Waals surface area contributed by atoms with Gasteiger partial charge < -0.3 is 9.15 Å². The molecule has 0 aliphatic heterocycles. The summed E-state index contributed by atoms with van der Waals surface area (Å²) >= 11 is 0. The molecule has 0 unspecified atom stereocenters. The lowest BCUT2D eigenvalue weighted by atomic mass is 9.91. The third kappa shape index (κ3) is 4.47. The molecule has 0 saturated heterocycles. The third-order valence-corrected chi connectivity index (χ3v) is 7.22. The molecule has 0 bridgehead atoms. The molecule has 1 aliphatic rings. The van der Waals surface area contributed by atoms with Gasteiger partial charge in [-0.15, -0.1) is 0 Å². The number of hydrogen-bond acceptors (Lipinski definition) is 6. The van der Waals surface area contributed by atoms with Gasteiger partial charge in [0, 0.05) is 17.0 Å². The summed E-state index contributed by atoms with van der Waals surface area (Å²) < 4.78 is 38.6. The Hall–Kier alpha value is -2.97. The van der Waals surface area contributed by atoms with Crippen LogP contribution in [0.1, 0.15) is 42.9 Å². The largest absolute Gasteiger partial charge is 0.425 e. The Morgan fingerprint density at radius 3 is 2.47 bits per heavy atom. The van der Waals surface area contributed by atoms with Crippen molar-refractivity contribution in [3.8, 4) is 5.75 Å². The van der Waals surface area contributed by atoms with Gasteiger partial charge in [0.25, 0.3) is 0 Å². The van der Waals surface area contributed by atoms with E-state index in [1.54, 1.807) is 31.2 Å². The highest BCUT2D eigenvalue weighted by Crippen LogP contribution is 2.29. The standard InChI is InChI=1S/C24H25NO6S/c1-3-21(25-32(28,29)17-11-8-15(2)9-12-17)24(27)30-16-10-13-19-18-6-4-5-7-20(18)23(26)31-22(19)14-16/h8-14,21,25H,3-7H2,1-2H3/t21-/m0/s1. The van der Waals surface area contributed by atoms with Crippen molar-refractivity contribution in [1.29, 1.82) is 0 Å². The molecule has 0 saturated carbocycles. The molecule has 1 aliphatic carbocycles. The molecule has 0 amide bonds. The molecule has 1 atom stereocenters. The first kappa shape index (κ1) is 22.2. The van der Waals surface area contributed by atoms with E-state index in [0.717, 1.165) is 41.3 Å². The number of esters is 1. The number of rotatable bonds is 6. The summed E-state index contributed by atoms with van der Waals surface area (Å²) in [5, 5.41) is 0.839. The van der Waals surface area contributed by atoms with E-state index in [0.29, 0.717) is 12.0 Å². The van der Waals surface area contributed by atoms with Gasteiger partial charge in [0.05, 0.1) is 4.90 Å². The molecular weight excluding hydrogens is 430 g/mol. The minimum Gasteiger partial charge on any atom is -0.425 e. The predicted octanol–water partition coefficient (Wildman–Crippen LogP) is 3.64. The molecule has 4 rings (SSSR count). The number of fused-ring (bicyclic) bond motifs is 3. The van der Waals surface area contributed by atoms with E-state index < -0.39 is 22.0 Å². The van der Waals surface area contributed by atoms with Crippen LogP contribution in [0.3, 0.4) is 0 Å². The summed E-state index contributed by atoms with van der Waals surface area (Å²) in [6.45, 7) is 3.55. The fourth-order valence-electron chi connectivity index (χ4n) is 3.95. The quantitative estimate of drug-likeness (QED) is 0.346. The van der Waals surface area contributed by atoms with Gasteiger partial charge in [-0.3, -0.25) is 0 Å². The number of ether oxygens (including phenoxy) is 1. The Labute approximate surface area is 186 Å². The van der Waals surface area contributed by atoms with Gasteiger partial charge in [-0.1, -0.05) is 24.6 Å². The van der Waals surface area contributed by atoms with Crippen LogP contribution in [-0.2, 0) is 27.7 Å². The molecule has 2 aromatic carbocycles. The van der Waals surface area contributed by atoms with Gasteiger partial charge >= 0.3 is 11.6 Å². The van der Waals surface area contributed by atoms with E-state index in [1.165, 1.54) is 18.2 Å². The van der Waals surface area contributed by atoms with Gasteiger partial charge in [-0.2, -0.15) is 4.72 Å². The average Bonchev–Trinajstić information content (AvgIpc) is 2.78. The Morgan fingerprint density at radius 1 is 1.09 bits per heavy atom. The van der Waals surface area contributed by atoms with Gasteiger partial charge in [-0.05, 0) is 68.9 Å². The van der Waals surface area contributed by atoms with Crippen LogP contribution in [0.15, 0.2) is 56.6 Å². The van der Waals surface area contributed by atoms with E-state index in [1.807, 2.05) is 6.92 Å². The highest BCUT2D eigenvalue weighted by atomic mass is 32.2. The van der Waals surface area contributed by atoms with Crippen LogP contribution in [0.5, 0.6) is 5.75 Å². The summed E-state index contributed by atoms with van der Waals surface area (Å²) in [5.74, 6) is -0.544. The molecule has 32 heavy (non-hydrogen) atoms. The highest BCUT2D eigenvalue weighted by Gasteiger charge is 2.26. The van der Waals surface area contributed by atoms with Crippen LogP contribution in [0.4, 0.5) is 0 Å². The first-order chi connectivity index (χ1) is 15.3. The fourth-order valence-corrected chi connectivity index (χ4v) is 5.22. The lowest BCUT2D eigenvalue weighted by Crippen LogP contribution is -2.42. The van der Waals surface area contributed by atoms with Crippen molar-refractivity contribution < 1.29 is 22.4 Å². The number of nitrogens with one attached hydrogen (secondary N) is 1. The molecule has 0 spiro atoms. The predicted molar refractivity (Wildman–Crippen MR) is 120 cm³/mol. The van der Waals surface area contributed by atoms with E-state index in [-0.39, 0.29) is 22.7 Å². The number of aryl methyl sites for hydroxylation is 2. The van der Waals surface area contributed by atoms with Crippen LogP contribution < -0.4 is 15.1 Å². The lowest BCUT2D eigenvalue weighted by Gasteiger charge is -2.18. The number of sulfonamides is 1. The van der Waals surface area contributed by atoms with Crippen molar-refractivity contribution in [3.63, 3.8) is 0 Å². The van der Waals surface area contributed by atoms with Crippen LogP contribution >= 0.6 is 0 Å². The molecule has 168 valence electrons. The van der Waals surface area contributed by atoms with Crippen molar-refractivity contribution in [2.75, 3.05) is 0 Å². The van der Waals surface area contributed by atoms with Crippen molar-refractivity contribution in [2.45, 2.75) is 56.9 Å². The SMILES string of the molecule is CC[C@H](NS(=O)(=O)c1ccc(C)cc1)C(=O)Oc1ccc2c3c(c(=O)oc2c1)CCCC3. The summed E-state index contributed by atoms with van der Waals surface area (Å²) in [6.07, 6.45) is 3.72. The van der Waals surface area contributed by atoms with Crippen LogP contribution in [-0.4, -0.2) is 20.4 Å². The van der Waals surface area contributed by atoms with E-state index >= 15 is 0 Å². The molecule has 0 radical (unpaired) electrons. The monoisotopic (exact) mass is 455 g/mol. The van der Waals surface area contributed by atoms with Crippen LogP contribution in [0.2, 0.25) is 0 Å². The second kappa shape index (κ2) is 8.88. The normalized spacial score (nSPS) is 14.7. The number of carbonyl (C=O) groups excluding carboxylic acids is 1. The highest BCUT2D eigenvalue weighted by molar-refractivity contribution is 7.89. The molecule has 1 heterocycles. The summed E-state index contributed by atoms with van der Waals surface area (Å²) in [5.41, 5.74) is 2.66. The first-order valence-corrected chi connectivity index (χ1v) is 12.2. The van der Waals surface area contributed by atoms with E-state index in [4.69, 9.17) is 9.15 Å². The van der Waals surface area contributed by atoms with Crippen LogP contribution in [0, 0.1) is 6.92 Å². The number of hydrogen-bond donors (Lipinski definition) is 1. The molecule has 1 aromatic heterocycles. The summed E-state index contributed by atoms with van der Waals surface area (Å²) in [7, 11) is -3.89. The Morgan fingerprint density at radius 2 is 1.78 bits per heavy atom.